The van der Waals surface area contributed by atoms with Crippen LogP contribution in [-0.2, 0) is 25.2 Å². The molecule has 1 heterocycles. The number of carbonyl (C=O) groups excluding carboxylic acids is 3. The van der Waals surface area contributed by atoms with Gasteiger partial charge >= 0.3 is 0 Å². The fraction of sp³-hybridized carbons (Fsp3) is 0.146. The highest BCUT2D eigenvalue weighted by Crippen LogP contribution is 2.74. The van der Waals surface area contributed by atoms with Crippen LogP contribution in [-0.4, -0.2) is 36.7 Å². The average molecular weight is 663 g/mol. The molecular weight excluding hydrogens is 632 g/mol. The standard InChI is InChI=1S/C41H30N2O7/c1-49-31-20-16-25(17-21-31)33-34(26-18-22-32(50-2)23-19-26)41(28-12-7-4-8-13-28)36-35(40(33,39(41)46)27-10-5-3-6-11-27)37(44)42(38(36)45)29-14-9-15-30(24-29)43(47)48/h3-24,35-36H,1-2H3/t35-,36-,40+,41+/m0/s1. The zero-order valence-electron chi connectivity index (χ0n) is 27.1. The Labute approximate surface area is 287 Å². The van der Waals surface area contributed by atoms with Crippen molar-refractivity contribution in [3.8, 4) is 11.5 Å². The summed E-state index contributed by atoms with van der Waals surface area (Å²) >= 11 is 0. The second-order valence-corrected chi connectivity index (χ2v) is 12.6. The lowest BCUT2D eigenvalue weighted by atomic mass is 9.59. The van der Waals surface area contributed by atoms with Gasteiger partial charge in [0.05, 0.1) is 47.5 Å². The number of amides is 2. The molecule has 50 heavy (non-hydrogen) atoms. The third kappa shape index (κ3) is 3.97. The molecule has 2 amide bonds. The molecule has 2 fully saturated rings. The first kappa shape index (κ1) is 31.0. The number of Topliss-reactive ketones (excluding diaryl/α,β-unsaturated/α-hetero) is 1. The number of hydrogen-bond donors (Lipinski definition) is 0. The van der Waals surface area contributed by atoms with Crippen LogP contribution >= 0.6 is 0 Å². The third-order valence-electron chi connectivity index (χ3n) is 10.5. The van der Waals surface area contributed by atoms with E-state index in [2.05, 4.69) is 0 Å². The van der Waals surface area contributed by atoms with Crippen LogP contribution in [0.2, 0.25) is 0 Å². The van der Waals surface area contributed by atoms with Gasteiger partial charge in [0.15, 0.2) is 5.78 Å². The van der Waals surface area contributed by atoms with Gasteiger partial charge in [0.25, 0.3) is 5.69 Å². The molecule has 5 aromatic rings. The number of non-ortho nitro benzene ring substituents is 1. The van der Waals surface area contributed by atoms with Gasteiger partial charge in [-0.05, 0) is 63.7 Å². The Balaban J connectivity index is 1.53. The highest BCUT2D eigenvalue weighted by molar-refractivity contribution is 6.39. The van der Waals surface area contributed by atoms with Crippen LogP contribution in [0, 0.1) is 22.0 Å². The van der Waals surface area contributed by atoms with Crippen LogP contribution in [0.4, 0.5) is 11.4 Å². The van der Waals surface area contributed by atoms with Crippen molar-refractivity contribution in [1.82, 2.24) is 0 Å². The zero-order chi connectivity index (χ0) is 34.8. The SMILES string of the molecule is COc1ccc(C2=C(c3ccc(OC)cc3)[C@@]3(c4ccccc4)C(=O)[C@@]2(c2ccccc2)[C@@H]2C(=O)N(c4cccc([N+](=O)[O-])c4)C(=O)[C@H]23)cc1. The number of allylic oxidation sites excluding steroid dienone is 2. The molecule has 2 aliphatic carbocycles. The van der Waals surface area contributed by atoms with Crippen LogP contribution < -0.4 is 14.4 Å². The van der Waals surface area contributed by atoms with Crippen LogP contribution in [0.1, 0.15) is 22.3 Å². The summed E-state index contributed by atoms with van der Waals surface area (Å²) in [6.45, 7) is 0. The van der Waals surface area contributed by atoms with Crippen LogP contribution in [0.5, 0.6) is 11.5 Å². The Hall–Kier alpha value is -6.35. The highest BCUT2D eigenvalue weighted by atomic mass is 16.6. The van der Waals surface area contributed by atoms with Gasteiger partial charge in [-0.2, -0.15) is 0 Å². The maximum absolute atomic E-state index is 16.0. The molecule has 0 N–H and O–H groups in total. The number of methoxy groups -OCH3 is 2. The fourth-order valence-corrected chi connectivity index (χ4v) is 8.64. The summed E-state index contributed by atoms with van der Waals surface area (Å²) in [7, 11) is 3.15. The van der Waals surface area contributed by atoms with E-state index in [1.165, 1.54) is 24.3 Å². The Morgan fingerprint density at radius 1 is 0.600 bits per heavy atom. The average Bonchev–Trinajstić information content (AvgIpc) is 3.67. The number of anilines is 1. The van der Waals surface area contributed by atoms with E-state index in [4.69, 9.17) is 9.47 Å². The minimum absolute atomic E-state index is 0.0823. The Kier molecular flexibility index (Phi) is 7.04. The van der Waals surface area contributed by atoms with Crippen LogP contribution in [0.3, 0.4) is 0 Å². The van der Waals surface area contributed by atoms with E-state index >= 15 is 14.4 Å². The molecule has 0 aromatic heterocycles. The quantitative estimate of drug-likeness (QED) is 0.102. The molecule has 0 spiro atoms. The van der Waals surface area contributed by atoms with Gasteiger partial charge in [0, 0.05) is 12.1 Å². The molecule has 5 aromatic carbocycles. The molecule has 0 radical (unpaired) electrons. The molecule has 1 saturated heterocycles. The van der Waals surface area contributed by atoms with E-state index in [1.54, 1.807) is 14.2 Å². The molecule has 9 heteroatoms. The predicted octanol–water partition coefficient (Wildman–Crippen LogP) is 6.80. The first-order valence-electron chi connectivity index (χ1n) is 16.1. The van der Waals surface area contributed by atoms with Gasteiger partial charge in [-0.15, -0.1) is 0 Å². The molecule has 0 unspecified atom stereocenters. The van der Waals surface area contributed by atoms with Crippen molar-refractivity contribution >= 4 is 40.1 Å². The minimum atomic E-state index is -1.62. The summed E-state index contributed by atoms with van der Waals surface area (Å²) in [5, 5.41) is 11.8. The number of ether oxygens (including phenoxy) is 2. The number of nitro benzene ring substituents is 1. The van der Waals surface area contributed by atoms with Crippen LogP contribution in [0.15, 0.2) is 133 Å². The Bertz CT molecular complexity index is 2100. The van der Waals surface area contributed by atoms with Crippen LogP contribution in [0.25, 0.3) is 11.1 Å². The lowest BCUT2D eigenvalue weighted by Gasteiger charge is -2.39. The molecule has 1 saturated carbocycles. The second kappa shape index (κ2) is 11.4. The van der Waals surface area contributed by atoms with E-state index < -0.39 is 39.4 Å². The van der Waals surface area contributed by atoms with E-state index in [1.807, 2.05) is 109 Å². The van der Waals surface area contributed by atoms with Gasteiger partial charge < -0.3 is 9.47 Å². The highest BCUT2D eigenvalue weighted by Gasteiger charge is 2.82. The summed E-state index contributed by atoms with van der Waals surface area (Å²) in [5.41, 5.74) is 0.371. The monoisotopic (exact) mass is 662 g/mol. The molecule has 8 rings (SSSR count). The number of hydrogen-bond acceptors (Lipinski definition) is 7. The van der Waals surface area contributed by atoms with Gasteiger partial charge in [0.2, 0.25) is 11.8 Å². The Morgan fingerprint density at radius 3 is 1.44 bits per heavy atom. The molecular formula is C41H30N2O7. The summed E-state index contributed by atoms with van der Waals surface area (Å²) in [5.74, 6) is -2.54. The first-order valence-corrected chi connectivity index (χ1v) is 16.1. The maximum Gasteiger partial charge on any atom is 0.271 e. The number of imide groups is 1. The van der Waals surface area contributed by atoms with Crippen molar-refractivity contribution < 1.29 is 28.8 Å². The predicted molar refractivity (Wildman–Crippen MR) is 187 cm³/mol. The maximum atomic E-state index is 16.0. The van der Waals surface area contributed by atoms with E-state index in [-0.39, 0.29) is 17.2 Å². The topological polar surface area (TPSA) is 116 Å². The number of rotatable bonds is 8. The lowest BCUT2D eigenvalue weighted by Crippen LogP contribution is -2.45. The minimum Gasteiger partial charge on any atom is -0.497 e. The molecule has 1 aliphatic heterocycles. The van der Waals surface area contributed by atoms with Gasteiger partial charge in [-0.3, -0.25) is 24.5 Å². The third-order valence-corrected chi connectivity index (χ3v) is 10.5. The summed E-state index contributed by atoms with van der Waals surface area (Å²) in [6.07, 6.45) is 0. The molecule has 4 atom stereocenters. The largest absolute Gasteiger partial charge is 0.497 e. The van der Waals surface area contributed by atoms with Crippen molar-refractivity contribution in [2.45, 2.75) is 10.8 Å². The van der Waals surface area contributed by atoms with Gasteiger partial charge in [-0.25, -0.2) is 4.90 Å². The van der Waals surface area contributed by atoms with Crippen molar-refractivity contribution in [1.29, 1.82) is 0 Å². The molecule has 9 nitrogen and oxygen atoms in total. The summed E-state index contributed by atoms with van der Waals surface area (Å²) < 4.78 is 11.0. The van der Waals surface area contributed by atoms with Crippen molar-refractivity contribution in [2.75, 3.05) is 19.1 Å². The van der Waals surface area contributed by atoms with Gasteiger partial charge in [0.1, 0.15) is 11.5 Å². The lowest BCUT2D eigenvalue weighted by molar-refractivity contribution is -0.384. The number of benzene rings is 5. The first-order chi connectivity index (χ1) is 24.3. The number of nitrogens with zero attached hydrogens (tertiary/aromatic N) is 2. The van der Waals surface area contributed by atoms with Gasteiger partial charge in [-0.1, -0.05) is 91.0 Å². The second-order valence-electron chi connectivity index (χ2n) is 12.6. The molecule has 246 valence electrons. The normalized spacial score (nSPS) is 23.7. The number of fused-ring (bicyclic) bond motifs is 5. The van der Waals surface area contributed by atoms with Crippen molar-refractivity contribution in [2.24, 2.45) is 11.8 Å². The summed E-state index contributed by atoms with van der Waals surface area (Å²) in [6, 6.07) is 38.6. The van der Waals surface area contributed by atoms with E-state index in [9.17, 15) is 10.1 Å². The smallest absolute Gasteiger partial charge is 0.271 e. The van der Waals surface area contributed by atoms with Crippen molar-refractivity contribution in [3.05, 3.63) is 166 Å². The fourth-order valence-electron chi connectivity index (χ4n) is 8.64. The molecule has 2 bridgehead atoms. The van der Waals surface area contributed by atoms with E-state index in [0.29, 0.717) is 44.9 Å². The number of nitro groups is 1. The number of carbonyl (C=O) groups is 3. The van der Waals surface area contributed by atoms with Crippen molar-refractivity contribution in [3.63, 3.8) is 0 Å². The van der Waals surface area contributed by atoms with E-state index in [0.717, 1.165) is 4.90 Å². The summed E-state index contributed by atoms with van der Waals surface area (Å²) in [4.78, 5) is 58.5. The molecule has 3 aliphatic rings. The number of ketones is 1. The Morgan fingerprint density at radius 2 is 1.04 bits per heavy atom. The zero-order valence-corrected chi connectivity index (χ0v) is 27.1.